The zero-order chi connectivity index (χ0) is 17.7. The van der Waals surface area contributed by atoms with E-state index in [0.29, 0.717) is 32.5 Å². The zero-order valence-corrected chi connectivity index (χ0v) is 14.1. The quantitative estimate of drug-likeness (QED) is 0.770. The van der Waals surface area contributed by atoms with Gasteiger partial charge in [-0.25, -0.2) is 17.1 Å². The molecule has 0 spiro atoms. The number of amides is 2. The summed E-state index contributed by atoms with van der Waals surface area (Å²) in [7, 11) is -3.18. The Morgan fingerprint density at radius 3 is 2.50 bits per heavy atom. The minimum atomic E-state index is -3.18. The molecule has 0 bridgehead atoms. The van der Waals surface area contributed by atoms with E-state index in [9.17, 15) is 22.4 Å². The molecule has 1 aliphatic heterocycles. The summed E-state index contributed by atoms with van der Waals surface area (Å²) >= 11 is 0. The molecule has 1 aromatic carbocycles. The minimum absolute atomic E-state index is 0.119. The van der Waals surface area contributed by atoms with Crippen molar-refractivity contribution in [3.05, 3.63) is 30.1 Å². The third-order valence-electron chi connectivity index (χ3n) is 3.88. The molecule has 1 aromatic rings. The van der Waals surface area contributed by atoms with Crippen LogP contribution < -0.4 is 10.6 Å². The molecule has 24 heavy (non-hydrogen) atoms. The van der Waals surface area contributed by atoms with E-state index in [0.717, 1.165) is 6.07 Å². The van der Waals surface area contributed by atoms with E-state index >= 15 is 0 Å². The molecule has 0 saturated carbocycles. The number of hydrogen-bond acceptors (Lipinski definition) is 4. The maximum atomic E-state index is 13.0. The number of benzene rings is 1. The Bertz CT molecular complexity index is 715. The first-order valence-corrected chi connectivity index (χ1v) is 9.40. The van der Waals surface area contributed by atoms with Crippen molar-refractivity contribution in [2.45, 2.75) is 12.8 Å². The SMILES string of the molecule is CS(=O)(=O)N1CCC(CNC(=O)C(=O)Nc2cccc(F)c2)CC1. The van der Waals surface area contributed by atoms with Gasteiger partial charge in [-0.15, -0.1) is 0 Å². The minimum Gasteiger partial charge on any atom is -0.348 e. The van der Waals surface area contributed by atoms with Crippen LogP contribution in [-0.2, 0) is 19.6 Å². The van der Waals surface area contributed by atoms with Gasteiger partial charge in [0, 0.05) is 25.3 Å². The smallest absolute Gasteiger partial charge is 0.313 e. The Kier molecular flexibility index (Phi) is 5.89. The number of carbonyl (C=O) groups excluding carboxylic acids is 2. The molecule has 0 aromatic heterocycles. The maximum absolute atomic E-state index is 13.0. The first kappa shape index (κ1) is 18.3. The second-order valence-corrected chi connectivity index (χ2v) is 7.76. The molecular formula is C15H20FN3O4S. The van der Waals surface area contributed by atoms with Crippen molar-refractivity contribution in [3.63, 3.8) is 0 Å². The molecule has 7 nitrogen and oxygen atoms in total. The first-order chi connectivity index (χ1) is 11.3. The summed E-state index contributed by atoms with van der Waals surface area (Å²) in [6.45, 7) is 1.12. The average Bonchev–Trinajstić information content (AvgIpc) is 2.52. The van der Waals surface area contributed by atoms with Crippen molar-refractivity contribution in [2.75, 3.05) is 31.2 Å². The van der Waals surface area contributed by atoms with E-state index in [2.05, 4.69) is 10.6 Å². The van der Waals surface area contributed by atoms with E-state index in [1.54, 1.807) is 0 Å². The van der Waals surface area contributed by atoms with Gasteiger partial charge in [0.05, 0.1) is 6.26 Å². The molecule has 9 heteroatoms. The van der Waals surface area contributed by atoms with Gasteiger partial charge in [0.2, 0.25) is 10.0 Å². The lowest BCUT2D eigenvalue weighted by Crippen LogP contribution is -2.43. The summed E-state index contributed by atoms with van der Waals surface area (Å²) in [5.41, 5.74) is 0.205. The lowest BCUT2D eigenvalue weighted by Gasteiger charge is -2.30. The van der Waals surface area contributed by atoms with E-state index in [-0.39, 0.29) is 11.6 Å². The fourth-order valence-electron chi connectivity index (χ4n) is 2.52. The van der Waals surface area contributed by atoms with E-state index in [1.807, 2.05) is 0 Å². The number of piperidine rings is 1. The summed E-state index contributed by atoms with van der Waals surface area (Å²) in [6, 6.07) is 5.26. The predicted octanol–water partition coefficient (Wildman–Crippen LogP) is 0.552. The second kappa shape index (κ2) is 7.71. The van der Waals surface area contributed by atoms with Crippen LogP contribution in [0.4, 0.5) is 10.1 Å². The highest BCUT2D eigenvalue weighted by molar-refractivity contribution is 7.88. The number of halogens is 1. The Morgan fingerprint density at radius 1 is 1.25 bits per heavy atom. The molecule has 0 radical (unpaired) electrons. The molecule has 132 valence electrons. The fourth-order valence-corrected chi connectivity index (χ4v) is 3.39. The predicted molar refractivity (Wildman–Crippen MR) is 87.2 cm³/mol. The van der Waals surface area contributed by atoms with Gasteiger partial charge in [-0.1, -0.05) is 6.07 Å². The normalized spacial score (nSPS) is 16.6. The lowest BCUT2D eigenvalue weighted by atomic mass is 9.98. The van der Waals surface area contributed by atoms with Gasteiger partial charge in [-0.05, 0) is 37.0 Å². The largest absolute Gasteiger partial charge is 0.348 e. The van der Waals surface area contributed by atoms with Crippen molar-refractivity contribution >= 4 is 27.5 Å². The number of carbonyl (C=O) groups is 2. The second-order valence-electron chi connectivity index (χ2n) is 5.78. The molecule has 0 aliphatic carbocycles. The van der Waals surface area contributed by atoms with Gasteiger partial charge in [-0.3, -0.25) is 9.59 Å². The van der Waals surface area contributed by atoms with Crippen LogP contribution in [0.1, 0.15) is 12.8 Å². The maximum Gasteiger partial charge on any atom is 0.313 e. The first-order valence-electron chi connectivity index (χ1n) is 7.55. The molecule has 1 saturated heterocycles. The lowest BCUT2D eigenvalue weighted by molar-refractivity contribution is -0.136. The average molecular weight is 357 g/mol. The van der Waals surface area contributed by atoms with Crippen molar-refractivity contribution in [1.29, 1.82) is 0 Å². The number of nitrogens with zero attached hydrogens (tertiary/aromatic N) is 1. The van der Waals surface area contributed by atoms with Crippen molar-refractivity contribution < 1.29 is 22.4 Å². The monoisotopic (exact) mass is 357 g/mol. The standard InChI is InChI=1S/C15H20FN3O4S/c1-24(22,23)19-7-5-11(6-8-19)10-17-14(20)15(21)18-13-4-2-3-12(16)9-13/h2-4,9,11H,5-8,10H2,1H3,(H,17,20)(H,18,21). The number of hydrogen-bond donors (Lipinski definition) is 2. The number of rotatable bonds is 4. The fraction of sp³-hybridized carbons (Fsp3) is 0.467. The van der Waals surface area contributed by atoms with Crippen LogP contribution in [0.25, 0.3) is 0 Å². The van der Waals surface area contributed by atoms with E-state index in [1.165, 1.54) is 28.8 Å². The van der Waals surface area contributed by atoms with Gasteiger partial charge in [-0.2, -0.15) is 0 Å². The van der Waals surface area contributed by atoms with Crippen LogP contribution in [0.3, 0.4) is 0 Å². The summed E-state index contributed by atoms with van der Waals surface area (Å²) < 4.78 is 37.3. The molecule has 1 aliphatic rings. The molecule has 1 heterocycles. The van der Waals surface area contributed by atoms with Crippen LogP contribution in [0, 0.1) is 11.7 Å². The van der Waals surface area contributed by atoms with Crippen molar-refractivity contribution in [2.24, 2.45) is 5.92 Å². The molecule has 2 rings (SSSR count). The van der Waals surface area contributed by atoms with E-state index in [4.69, 9.17) is 0 Å². The molecule has 1 fully saturated rings. The van der Waals surface area contributed by atoms with Gasteiger partial charge in [0.25, 0.3) is 0 Å². The zero-order valence-electron chi connectivity index (χ0n) is 13.3. The molecule has 0 atom stereocenters. The van der Waals surface area contributed by atoms with Crippen LogP contribution in [0.2, 0.25) is 0 Å². The Hall–Kier alpha value is -2.00. The van der Waals surface area contributed by atoms with Gasteiger partial charge < -0.3 is 10.6 Å². The van der Waals surface area contributed by atoms with Gasteiger partial charge in [0.1, 0.15) is 5.82 Å². The molecule has 0 unspecified atom stereocenters. The highest BCUT2D eigenvalue weighted by atomic mass is 32.2. The van der Waals surface area contributed by atoms with Crippen molar-refractivity contribution in [1.82, 2.24) is 9.62 Å². The summed E-state index contributed by atoms with van der Waals surface area (Å²) in [5, 5.41) is 4.85. The summed E-state index contributed by atoms with van der Waals surface area (Å²) in [5.74, 6) is -2.06. The van der Waals surface area contributed by atoms with E-state index < -0.39 is 27.7 Å². The highest BCUT2D eigenvalue weighted by Crippen LogP contribution is 2.18. The highest BCUT2D eigenvalue weighted by Gasteiger charge is 2.25. The Balaban J connectivity index is 1.76. The third kappa shape index (κ3) is 5.27. The van der Waals surface area contributed by atoms with Gasteiger partial charge >= 0.3 is 11.8 Å². The Labute approximate surface area is 140 Å². The topological polar surface area (TPSA) is 95.6 Å². The molecular weight excluding hydrogens is 337 g/mol. The van der Waals surface area contributed by atoms with Crippen LogP contribution >= 0.6 is 0 Å². The molecule has 2 N–H and O–H groups in total. The number of anilines is 1. The molecule has 2 amide bonds. The summed E-state index contributed by atoms with van der Waals surface area (Å²) in [4.78, 5) is 23.5. The van der Waals surface area contributed by atoms with Gasteiger partial charge in [0.15, 0.2) is 0 Å². The van der Waals surface area contributed by atoms with Crippen molar-refractivity contribution in [3.8, 4) is 0 Å². The van der Waals surface area contributed by atoms with Crippen LogP contribution in [0.5, 0.6) is 0 Å². The number of sulfonamides is 1. The Morgan fingerprint density at radius 2 is 1.92 bits per heavy atom. The third-order valence-corrected chi connectivity index (χ3v) is 5.19. The summed E-state index contributed by atoms with van der Waals surface area (Å²) in [6.07, 6.45) is 2.42. The van der Waals surface area contributed by atoms with Crippen LogP contribution in [0.15, 0.2) is 24.3 Å². The number of nitrogens with one attached hydrogen (secondary N) is 2. The van der Waals surface area contributed by atoms with Crippen LogP contribution in [-0.4, -0.2) is 50.4 Å².